The Morgan fingerprint density at radius 1 is 1.33 bits per heavy atom. The SMILES string of the molecule is Cc1[nH]c2ccccc2c1C=NNc1oc(C(C)(C)C)nc1C#N. The number of nitrogens with one attached hydrogen (secondary N) is 2. The number of benzene rings is 1. The Kier molecular flexibility index (Phi) is 3.86. The van der Waals surface area contributed by atoms with Gasteiger partial charge in [0.05, 0.1) is 6.21 Å². The number of H-pyrrole nitrogens is 1. The first-order valence-electron chi connectivity index (χ1n) is 7.68. The van der Waals surface area contributed by atoms with Crippen LogP contribution in [0.1, 0.15) is 43.6 Å². The maximum Gasteiger partial charge on any atom is 0.252 e. The summed E-state index contributed by atoms with van der Waals surface area (Å²) in [5, 5.41) is 14.5. The lowest BCUT2D eigenvalue weighted by Gasteiger charge is -2.11. The molecule has 2 N–H and O–H groups in total. The summed E-state index contributed by atoms with van der Waals surface area (Å²) >= 11 is 0. The average Bonchev–Trinajstić information content (AvgIpc) is 3.08. The van der Waals surface area contributed by atoms with Crippen molar-refractivity contribution >= 4 is 23.0 Å². The standard InChI is InChI=1S/C18H19N5O/c1-11-13(12-7-5-6-8-14(12)21-11)10-20-23-16-15(9-19)22-17(24-16)18(2,3)4/h5-8,10,21,23H,1-4H3. The number of hydrogen-bond donors (Lipinski definition) is 2. The van der Waals surface area contributed by atoms with Gasteiger partial charge in [-0.05, 0) is 13.0 Å². The summed E-state index contributed by atoms with van der Waals surface area (Å²) in [4.78, 5) is 7.53. The van der Waals surface area contributed by atoms with Crippen LogP contribution in [0.15, 0.2) is 33.8 Å². The summed E-state index contributed by atoms with van der Waals surface area (Å²) in [6, 6.07) is 10.1. The molecule has 122 valence electrons. The van der Waals surface area contributed by atoms with Gasteiger partial charge in [-0.15, -0.1) is 0 Å². The lowest BCUT2D eigenvalue weighted by atomic mass is 9.97. The van der Waals surface area contributed by atoms with E-state index in [4.69, 9.17) is 4.42 Å². The van der Waals surface area contributed by atoms with E-state index in [1.165, 1.54) is 0 Å². The third-order valence-electron chi connectivity index (χ3n) is 3.68. The Balaban J connectivity index is 1.88. The van der Waals surface area contributed by atoms with Gasteiger partial charge in [0, 0.05) is 27.6 Å². The molecule has 3 rings (SSSR count). The Morgan fingerprint density at radius 2 is 2.08 bits per heavy atom. The van der Waals surface area contributed by atoms with E-state index in [2.05, 4.69) is 20.5 Å². The second-order valence-electron chi connectivity index (χ2n) is 6.64. The topological polar surface area (TPSA) is 90.0 Å². The van der Waals surface area contributed by atoms with Gasteiger partial charge in [0.1, 0.15) is 6.07 Å². The number of anilines is 1. The minimum Gasteiger partial charge on any atom is -0.421 e. The summed E-state index contributed by atoms with van der Waals surface area (Å²) < 4.78 is 5.64. The number of nitriles is 1. The van der Waals surface area contributed by atoms with E-state index < -0.39 is 0 Å². The zero-order chi connectivity index (χ0) is 17.3. The highest BCUT2D eigenvalue weighted by Gasteiger charge is 2.23. The van der Waals surface area contributed by atoms with Crippen LogP contribution in [0.3, 0.4) is 0 Å². The molecule has 0 spiro atoms. The van der Waals surface area contributed by atoms with Gasteiger partial charge in [0.25, 0.3) is 5.88 Å². The highest BCUT2D eigenvalue weighted by atomic mass is 16.4. The number of fused-ring (bicyclic) bond motifs is 1. The molecule has 0 aliphatic heterocycles. The summed E-state index contributed by atoms with van der Waals surface area (Å²) in [6.07, 6.45) is 1.72. The van der Waals surface area contributed by atoms with Gasteiger partial charge in [-0.25, -0.2) is 5.43 Å². The van der Waals surface area contributed by atoms with Crippen molar-refractivity contribution in [3.05, 3.63) is 47.1 Å². The van der Waals surface area contributed by atoms with Gasteiger partial charge in [0.15, 0.2) is 0 Å². The molecular weight excluding hydrogens is 302 g/mol. The van der Waals surface area contributed by atoms with Gasteiger partial charge in [0.2, 0.25) is 11.6 Å². The average molecular weight is 321 g/mol. The molecule has 6 nitrogen and oxygen atoms in total. The number of aromatic nitrogens is 2. The van der Waals surface area contributed by atoms with E-state index in [1.807, 2.05) is 58.0 Å². The van der Waals surface area contributed by atoms with E-state index in [9.17, 15) is 5.26 Å². The van der Waals surface area contributed by atoms with Crippen molar-refractivity contribution in [2.45, 2.75) is 33.1 Å². The Bertz CT molecular complexity index is 950. The van der Waals surface area contributed by atoms with Crippen LogP contribution in [0.2, 0.25) is 0 Å². The van der Waals surface area contributed by atoms with Gasteiger partial charge in [-0.2, -0.15) is 15.3 Å². The summed E-state index contributed by atoms with van der Waals surface area (Å²) in [5.74, 6) is 0.760. The summed E-state index contributed by atoms with van der Waals surface area (Å²) in [5.41, 5.74) is 5.79. The van der Waals surface area contributed by atoms with Crippen LogP contribution < -0.4 is 5.43 Å². The van der Waals surface area contributed by atoms with Crippen LogP contribution in [-0.4, -0.2) is 16.2 Å². The molecular formula is C18H19N5O. The normalized spacial score (nSPS) is 12.0. The van der Waals surface area contributed by atoms with Crippen LogP contribution in [0.25, 0.3) is 10.9 Å². The molecule has 0 saturated heterocycles. The van der Waals surface area contributed by atoms with Crippen molar-refractivity contribution in [2.75, 3.05) is 5.43 Å². The molecule has 0 aliphatic carbocycles. The molecule has 6 heteroatoms. The lowest BCUT2D eigenvalue weighted by Crippen LogP contribution is -2.11. The molecule has 1 aromatic carbocycles. The van der Waals surface area contributed by atoms with Gasteiger partial charge < -0.3 is 9.40 Å². The fraction of sp³-hybridized carbons (Fsp3) is 0.278. The molecule has 3 aromatic rings. The Hall–Kier alpha value is -3.07. The number of hydrogen-bond acceptors (Lipinski definition) is 5. The minimum absolute atomic E-state index is 0.202. The number of nitrogens with zero attached hydrogens (tertiary/aromatic N) is 3. The van der Waals surface area contributed by atoms with E-state index >= 15 is 0 Å². The van der Waals surface area contributed by atoms with Gasteiger partial charge in [-0.3, -0.25) is 0 Å². The van der Waals surface area contributed by atoms with Crippen LogP contribution in [0.4, 0.5) is 5.88 Å². The number of hydrazone groups is 1. The first-order valence-corrected chi connectivity index (χ1v) is 7.68. The minimum atomic E-state index is -0.275. The van der Waals surface area contributed by atoms with Crippen LogP contribution in [0, 0.1) is 18.3 Å². The monoisotopic (exact) mass is 321 g/mol. The predicted octanol–water partition coefficient (Wildman–Crippen LogP) is 4.08. The third-order valence-corrected chi connectivity index (χ3v) is 3.68. The first kappa shape index (κ1) is 15.8. The number of rotatable bonds is 3. The quantitative estimate of drug-likeness (QED) is 0.562. The number of aromatic amines is 1. The summed E-state index contributed by atoms with van der Waals surface area (Å²) in [7, 11) is 0. The highest BCUT2D eigenvalue weighted by molar-refractivity contribution is 6.00. The second-order valence-corrected chi connectivity index (χ2v) is 6.64. The molecule has 0 fully saturated rings. The van der Waals surface area contributed by atoms with Crippen molar-refractivity contribution in [3.63, 3.8) is 0 Å². The maximum absolute atomic E-state index is 9.20. The zero-order valence-electron chi connectivity index (χ0n) is 14.1. The Labute approximate surface area is 140 Å². The van der Waals surface area contributed by atoms with Crippen molar-refractivity contribution in [1.29, 1.82) is 5.26 Å². The molecule has 2 heterocycles. The molecule has 0 amide bonds. The fourth-order valence-corrected chi connectivity index (χ4v) is 2.41. The fourth-order valence-electron chi connectivity index (χ4n) is 2.41. The number of oxazole rings is 1. The predicted molar refractivity (Wildman–Crippen MR) is 94.2 cm³/mol. The van der Waals surface area contributed by atoms with E-state index in [-0.39, 0.29) is 17.0 Å². The molecule has 2 aromatic heterocycles. The highest BCUT2D eigenvalue weighted by Crippen LogP contribution is 2.27. The van der Waals surface area contributed by atoms with Crippen molar-refractivity contribution in [1.82, 2.24) is 9.97 Å². The smallest absolute Gasteiger partial charge is 0.252 e. The van der Waals surface area contributed by atoms with Gasteiger partial charge >= 0.3 is 0 Å². The van der Waals surface area contributed by atoms with E-state index in [1.54, 1.807) is 6.21 Å². The van der Waals surface area contributed by atoms with Crippen molar-refractivity contribution in [2.24, 2.45) is 5.10 Å². The molecule has 0 saturated carbocycles. The van der Waals surface area contributed by atoms with Crippen molar-refractivity contribution in [3.8, 4) is 6.07 Å². The number of para-hydroxylation sites is 1. The Morgan fingerprint density at radius 3 is 2.79 bits per heavy atom. The third kappa shape index (κ3) is 2.88. The van der Waals surface area contributed by atoms with Gasteiger partial charge in [-0.1, -0.05) is 39.0 Å². The summed E-state index contributed by atoms with van der Waals surface area (Å²) in [6.45, 7) is 7.92. The second kappa shape index (κ2) is 5.85. The first-order chi connectivity index (χ1) is 11.4. The molecule has 0 bridgehead atoms. The van der Waals surface area contributed by atoms with E-state index in [0.717, 1.165) is 22.2 Å². The molecule has 0 aliphatic rings. The molecule has 0 atom stereocenters. The zero-order valence-corrected chi connectivity index (χ0v) is 14.1. The van der Waals surface area contributed by atoms with Crippen LogP contribution >= 0.6 is 0 Å². The maximum atomic E-state index is 9.20. The lowest BCUT2D eigenvalue weighted by molar-refractivity contribution is 0.399. The van der Waals surface area contributed by atoms with E-state index in [0.29, 0.717) is 5.89 Å². The molecule has 24 heavy (non-hydrogen) atoms. The molecule has 0 radical (unpaired) electrons. The largest absolute Gasteiger partial charge is 0.421 e. The van der Waals surface area contributed by atoms with Crippen LogP contribution in [0.5, 0.6) is 0 Å². The number of aryl methyl sites for hydroxylation is 1. The van der Waals surface area contributed by atoms with Crippen LogP contribution in [-0.2, 0) is 5.41 Å². The van der Waals surface area contributed by atoms with Crippen molar-refractivity contribution < 1.29 is 4.42 Å². The molecule has 0 unspecified atom stereocenters.